The number of benzene rings is 1. The minimum Gasteiger partial charge on any atom is -0.388 e. The van der Waals surface area contributed by atoms with Gasteiger partial charge in [0.25, 0.3) is 6.26 Å². The second-order valence-electron chi connectivity index (χ2n) is 5.48. The number of hydrogen-bond donors (Lipinski definition) is 0. The zero-order chi connectivity index (χ0) is 14.8. The molecule has 2 heterocycles. The lowest BCUT2D eigenvalue weighted by molar-refractivity contribution is 0.313. The van der Waals surface area contributed by atoms with Crippen molar-refractivity contribution in [1.29, 1.82) is 5.26 Å². The summed E-state index contributed by atoms with van der Waals surface area (Å²) >= 11 is 0. The Morgan fingerprint density at radius 1 is 1.14 bits per heavy atom. The molecule has 0 N–H and O–H groups in total. The summed E-state index contributed by atoms with van der Waals surface area (Å²) < 4.78 is 5.07. The minimum atomic E-state index is 0.591. The Morgan fingerprint density at radius 3 is 2.62 bits per heavy atom. The summed E-state index contributed by atoms with van der Waals surface area (Å²) in [6.45, 7) is 6.03. The molecule has 1 aliphatic rings. The van der Waals surface area contributed by atoms with Gasteiger partial charge < -0.3 is 14.5 Å². The van der Waals surface area contributed by atoms with Crippen LogP contribution < -0.4 is 9.64 Å². The van der Waals surface area contributed by atoms with Gasteiger partial charge in [-0.1, -0.05) is 0 Å². The summed E-state index contributed by atoms with van der Waals surface area (Å²) in [7, 11) is 2.14. The van der Waals surface area contributed by atoms with Gasteiger partial charge in [0.1, 0.15) is 5.75 Å². The summed E-state index contributed by atoms with van der Waals surface area (Å²) in [4.78, 5) is 8.97. The zero-order valence-electron chi connectivity index (χ0n) is 12.3. The predicted molar refractivity (Wildman–Crippen MR) is 82.4 cm³/mol. The molecule has 0 amide bonds. The Hall–Kier alpha value is -2.32. The van der Waals surface area contributed by atoms with E-state index in [9.17, 15) is 0 Å². The van der Waals surface area contributed by atoms with E-state index in [-0.39, 0.29) is 0 Å². The third-order valence-electron chi connectivity index (χ3n) is 4.04. The van der Waals surface area contributed by atoms with Crippen molar-refractivity contribution < 1.29 is 4.74 Å². The number of aryl methyl sites for hydroxylation is 1. The second kappa shape index (κ2) is 5.58. The minimum absolute atomic E-state index is 0.591. The molecule has 108 valence electrons. The van der Waals surface area contributed by atoms with Gasteiger partial charge in [0.15, 0.2) is 0 Å². The second-order valence-corrected chi connectivity index (χ2v) is 5.48. The van der Waals surface area contributed by atoms with Crippen molar-refractivity contribution in [2.24, 2.45) is 0 Å². The van der Waals surface area contributed by atoms with Gasteiger partial charge in [-0.2, -0.15) is 0 Å². The van der Waals surface area contributed by atoms with Crippen LogP contribution in [0.15, 0.2) is 24.5 Å². The lowest BCUT2D eigenvalue weighted by atomic mass is 10.1. The van der Waals surface area contributed by atoms with Crippen molar-refractivity contribution in [3.8, 4) is 12.0 Å². The molecule has 1 aliphatic heterocycles. The van der Waals surface area contributed by atoms with E-state index in [1.54, 1.807) is 6.26 Å². The quantitative estimate of drug-likeness (QED) is 0.790. The number of nitrogens with zero attached hydrogens (tertiary/aromatic N) is 4. The van der Waals surface area contributed by atoms with Crippen molar-refractivity contribution in [2.75, 3.05) is 38.1 Å². The van der Waals surface area contributed by atoms with Crippen LogP contribution in [-0.4, -0.2) is 43.1 Å². The summed E-state index contributed by atoms with van der Waals surface area (Å²) in [6, 6.07) is 3.85. The average Bonchev–Trinajstić information content (AvgIpc) is 2.49. The van der Waals surface area contributed by atoms with Crippen molar-refractivity contribution in [1.82, 2.24) is 9.88 Å². The van der Waals surface area contributed by atoms with Crippen LogP contribution in [0.1, 0.15) is 5.56 Å². The topological polar surface area (TPSA) is 52.4 Å². The fourth-order valence-corrected chi connectivity index (χ4v) is 2.79. The Kier molecular flexibility index (Phi) is 3.63. The van der Waals surface area contributed by atoms with E-state index >= 15 is 0 Å². The van der Waals surface area contributed by atoms with Gasteiger partial charge in [0, 0.05) is 55.7 Å². The fourth-order valence-electron chi connectivity index (χ4n) is 2.79. The summed E-state index contributed by atoms with van der Waals surface area (Å²) in [6.07, 6.45) is 5.50. The number of ether oxygens (including phenoxy) is 1. The highest BCUT2D eigenvalue weighted by Crippen LogP contribution is 2.33. The maximum atomic E-state index is 8.79. The first-order valence-electron chi connectivity index (χ1n) is 7.07. The third-order valence-corrected chi connectivity index (χ3v) is 4.04. The molecule has 1 fully saturated rings. The number of rotatable bonds is 2. The predicted octanol–water partition coefficient (Wildman–Crippen LogP) is 2.15. The van der Waals surface area contributed by atoms with Gasteiger partial charge in [-0.25, -0.2) is 0 Å². The molecule has 0 atom stereocenters. The van der Waals surface area contributed by atoms with Gasteiger partial charge in [-0.15, -0.1) is 5.26 Å². The SMILES string of the molecule is Cc1cncc2c(N3CCN(C)CC3)cc(OC#N)cc12. The molecule has 1 aromatic carbocycles. The lowest BCUT2D eigenvalue weighted by Crippen LogP contribution is -2.44. The maximum absolute atomic E-state index is 8.79. The Balaban J connectivity index is 2.11. The van der Waals surface area contributed by atoms with E-state index < -0.39 is 0 Å². The number of piperazine rings is 1. The smallest absolute Gasteiger partial charge is 0.292 e. The number of likely N-dealkylation sites (N-methyl/N-ethyl adjacent to an activating group) is 1. The van der Waals surface area contributed by atoms with Crippen molar-refractivity contribution in [2.45, 2.75) is 6.92 Å². The zero-order valence-corrected chi connectivity index (χ0v) is 12.3. The largest absolute Gasteiger partial charge is 0.388 e. The van der Waals surface area contributed by atoms with E-state index in [4.69, 9.17) is 10.00 Å². The molecule has 0 spiro atoms. The summed E-state index contributed by atoms with van der Waals surface area (Å²) in [5.41, 5.74) is 2.19. The van der Waals surface area contributed by atoms with E-state index in [1.165, 1.54) is 0 Å². The Bertz CT molecular complexity index is 699. The molecule has 3 rings (SSSR count). The molecule has 5 nitrogen and oxygen atoms in total. The van der Waals surface area contributed by atoms with Gasteiger partial charge >= 0.3 is 0 Å². The normalized spacial score (nSPS) is 16.0. The van der Waals surface area contributed by atoms with Gasteiger partial charge in [0.05, 0.1) is 0 Å². The van der Waals surface area contributed by atoms with E-state index in [0.29, 0.717) is 5.75 Å². The number of aromatic nitrogens is 1. The van der Waals surface area contributed by atoms with Crippen molar-refractivity contribution >= 4 is 16.5 Å². The highest BCUT2D eigenvalue weighted by Gasteiger charge is 2.18. The van der Waals surface area contributed by atoms with E-state index in [0.717, 1.165) is 48.2 Å². The van der Waals surface area contributed by atoms with Crippen LogP contribution in [0.2, 0.25) is 0 Å². The monoisotopic (exact) mass is 282 g/mol. The molecule has 2 aromatic rings. The Labute approximate surface area is 124 Å². The van der Waals surface area contributed by atoms with E-state index in [2.05, 4.69) is 21.8 Å². The summed E-state index contributed by atoms with van der Waals surface area (Å²) in [5, 5.41) is 11.0. The van der Waals surface area contributed by atoms with Crippen LogP contribution in [0.5, 0.6) is 5.75 Å². The number of nitriles is 1. The first-order chi connectivity index (χ1) is 10.2. The van der Waals surface area contributed by atoms with Crippen LogP contribution in [0.3, 0.4) is 0 Å². The molecule has 0 radical (unpaired) electrons. The molecule has 1 aromatic heterocycles. The van der Waals surface area contributed by atoms with Gasteiger partial charge in [-0.05, 0) is 31.0 Å². The molecule has 0 unspecified atom stereocenters. The van der Waals surface area contributed by atoms with Gasteiger partial charge in [0.2, 0.25) is 0 Å². The lowest BCUT2D eigenvalue weighted by Gasteiger charge is -2.34. The number of anilines is 1. The van der Waals surface area contributed by atoms with Crippen LogP contribution in [0.4, 0.5) is 5.69 Å². The molecule has 5 heteroatoms. The molecule has 0 bridgehead atoms. The first-order valence-corrected chi connectivity index (χ1v) is 7.07. The Morgan fingerprint density at radius 2 is 1.90 bits per heavy atom. The standard InChI is InChI=1S/C16H18N4O/c1-12-9-18-10-15-14(12)7-13(21-11-17)8-16(15)20-5-3-19(2)4-6-20/h7-10H,3-6H2,1-2H3. The van der Waals surface area contributed by atoms with Crippen molar-refractivity contribution in [3.05, 3.63) is 30.1 Å². The van der Waals surface area contributed by atoms with Crippen LogP contribution in [-0.2, 0) is 0 Å². The molecular weight excluding hydrogens is 264 g/mol. The van der Waals surface area contributed by atoms with Gasteiger partial charge in [-0.3, -0.25) is 4.98 Å². The fraction of sp³-hybridized carbons (Fsp3) is 0.375. The van der Waals surface area contributed by atoms with Crippen LogP contribution in [0, 0.1) is 18.4 Å². The van der Waals surface area contributed by atoms with Crippen LogP contribution in [0.25, 0.3) is 10.8 Å². The molecule has 0 aliphatic carbocycles. The average molecular weight is 282 g/mol. The summed E-state index contributed by atoms with van der Waals surface area (Å²) in [5.74, 6) is 0.591. The number of pyridine rings is 1. The maximum Gasteiger partial charge on any atom is 0.292 e. The highest BCUT2D eigenvalue weighted by atomic mass is 16.5. The van der Waals surface area contributed by atoms with E-state index in [1.807, 2.05) is 31.5 Å². The molecular formula is C16H18N4O. The molecule has 0 saturated carbocycles. The number of fused-ring (bicyclic) bond motifs is 1. The van der Waals surface area contributed by atoms with Crippen molar-refractivity contribution in [3.63, 3.8) is 0 Å². The van der Waals surface area contributed by atoms with Crippen LogP contribution >= 0.6 is 0 Å². The third kappa shape index (κ3) is 2.63. The molecule has 1 saturated heterocycles. The number of hydrogen-bond acceptors (Lipinski definition) is 5. The first kappa shape index (κ1) is 13.7. The highest BCUT2D eigenvalue weighted by molar-refractivity contribution is 5.97. The molecule has 21 heavy (non-hydrogen) atoms.